The van der Waals surface area contributed by atoms with Crippen LogP contribution in [0.1, 0.15) is 49.7 Å². The summed E-state index contributed by atoms with van der Waals surface area (Å²) in [5, 5.41) is 4.27. The number of aryl methyl sites for hydroxylation is 1. The monoisotopic (exact) mass is 392 g/mol. The van der Waals surface area contributed by atoms with Gasteiger partial charge in [-0.2, -0.15) is 0 Å². The van der Waals surface area contributed by atoms with Gasteiger partial charge in [-0.05, 0) is 35.7 Å². The molecule has 1 aromatic heterocycles. The first-order valence-electron chi connectivity index (χ1n) is 10.4. The van der Waals surface area contributed by atoms with Crippen molar-refractivity contribution in [3.63, 3.8) is 0 Å². The number of rotatable bonds is 8. The number of aromatic nitrogens is 1. The SMILES string of the molecule is CCCCCNC(=O)C[C@@H](c1ccc2c(c1)OCO2)c1cn(C)c2ccccc12. The van der Waals surface area contributed by atoms with Gasteiger partial charge in [0.1, 0.15) is 0 Å². The second-order valence-electron chi connectivity index (χ2n) is 7.64. The third-order valence-electron chi connectivity index (χ3n) is 5.59. The molecule has 0 bridgehead atoms. The number of hydrogen-bond acceptors (Lipinski definition) is 3. The average Bonchev–Trinajstić information content (AvgIpc) is 3.34. The lowest BCUT2D eigenvalue weighted by molar-refractivity contribution is -0.121. The van der Waals surface area contributed by atoms with Gasteiger partial charge in [-0.25, -0.2) is 0 Å². The van der Waals surface area contributed by atoms with Crippen LogP contribution in [0, 0.1) is 0 Å². The number of para-hydroxylation sites is 1. The molecule has 1 aliphatic heterocycles. The number of benzene rings is 2. The Morgan fingerprint density at radius 1 is 1.14 bits per heavy atom. The van der Waals surface area contributed by atoms with Gasteiger partial charge in [0.15, 0.2) is 11.5 Å². The highest BCUT2D eigenvalue weighted by atomic mass is 16.7. The molecule has 3 aromatic rings. The Morgan fingerprint density at radius 2 is 1.97 bits per heavy atom. The Bertz CT molecular complexity index is 1010. The first-order chi connectivity index (χ1) is 14.2. The number of nitrogens with zero attached hydrogens (tertiary/aromatic N) is 1. The number of carbonyl (C=O) groups excluding carboxylic acids is 1. The fourth-order valence-corrected chi connectivity index (χ4v) is 4.05. The van der Waals surface area contributed by atoms with Crippen molar-refractivity contribution >= 4 is 16.8 Å². The van der Waals surface area contributed by atoms with E-state index in [9.17, 15) is 4.79 Å². The third-order valence-corrected chi connectivity index (χ3v) is 5.59. The number of nitrogens with one attached hydrogen (secondary N) is 1. The Morgan fingerprint density at radius 3 is 2.83 bits per heavy atom. The van der Waals surface area contributed by atoms with Crippen molar-refractivity contribution < 1.29 is 14.3 Å². The van der Waals surface area contributed by atoms with Gasteiger partial charge in [-0.1, -0.05) is 44.0 Å². The summed E-state index contributed by atoms with van der Waals surface area (Å²) in [6.07, 6.45) is 5.84. The molecule has 2 heterocycles. The zero-order valence-electron chi connectivity index (χ0n) is 17.1. The lowest BCUT2D eigenvalue weighted by atomic mass is 9.87. The van der Waals surface area contributed by atoms with Gasteiger partial charge >= 0.3 is 0 Å². The van der Waals surface area contributed by atoms with Gasteiger partial charge in [-0.3, -0.25) is 4.79 Å². The van der Waals surface area contributed by atoms with E-state index in [0.29, 0.717) is 6.42 Å². The molecular weight excluding hydrogens is 364 g/mol. The molecule has 0 saturated carbocycles. The van der Waals surface area contributed by atoms with Crippen LogP contribution in [0.3, 0.4) is 0 Å². The quantitative estimate of drug-likeness (QED) is 0.564. The van der Waals surface area contributed by atoms with E-state index in [1.807, 2.05) is 37.4 Å². The predicted octanol–water partition coefficient (Wildman–Crippen LogP) is 4.74. The van der Waals surface area contributed by atoms with Crippen LogP contribution < -0.4 is 14.8 Å². The predicted molar refractivity (Wildman–Crippen MR) is 114 cm³/mol. The van der Waals surface area contributed by atoms with E-state index < -0.39 is 0 Å². The second-order valence-corrected chi connectivity index (χ2v) is 7.64. The minimum atomic E-state index is -0.0539. The number of carbonyl (C=O) groups is 1. The highest BCUT2D eigenvalue weighted by Crippen LogP contribution is 2.39. The van der Waals surface area contributed by atoms with Crippen molar-refractivity contribution in [1.29, 1.82) is 0 Å². The van der Waals surface area contributed by atoms with Crippen molar-refractivity contribution in [1.82, 2.24) is 9.88 Å². The standard InChI is InChI=1S/C24H28N2O3/c1-3-4-7-12-25-24(27)14-19(17-10-11-22-23(13-17)29-16-28-22)20-15-26(2)21-9-6-5-8-18(20)21/h5-6,8-11,13,15,19H,3-4,7,12,14,16H2,1-2H3,(H,25,27)/t19-/m0/s1. The van der Waals surface area contributed by atoms with Crippen LogP contribution in [0.5, 0.6) is 11.5 Å². The highest BCUT2D eigenvalue weighted by molar-refractivity contribution is 5.86. The number of hydrogen-bond donors (Lipinski definition) is 1. The summed E-state index contributed by atoms with van der Waals surface area (Å²) in [5.74, 6) is 1.53. The van der Waals surface area contributed by atoms with E-state index in [2.05, 4.69) is 35.1 Å². The van der Waals surface area contributed by atoms with Crippen LogP contribution in [0.15, 0.2) is 48.7 Å². The van der Waals surface area contributed by atoms with Gasteiger partial charge in [-0.15, -0.1) is 0 Å². The van der Waals surface area contributed by atoms with Crippen molar-refractivity contribution in [2.45, 2.75) is 38.5 Å². The van der Waals surface area contributed by atoms with Crippen molar-refractivity contribution in [3.05, 3.63) is 59.8 Å². The van der Waals surface area contributed by atoms with Gasteiger partial charge in [0.05, 0.1) is 0 Å². The molecule has 0 unspecified atom stereocenters. The van der Waals surface area contributed by atoms with Crippen LogP contribution in [-0.4, -0.2) is 23.8 Å². The van der Waals surface area contributed by atoms with Gasteiger partial charge in [0.25, 0.3) is 0 Å². The van der Waals surface area contributed by atoms with Gasteiger partial charge in [0.2, 0.25) is 12.7 Å². The Kier molecular flexibility index (Phi) is 5.74. The fraction of sp³-hybridized carbons (Fsp3) is 0.375. The molecule has 1 atom stereocenters. The first kappa shape index (κ1) is 19.4. The maximum atomic E-state index is 12.8. The number of ether oxygens (including phenoxy) is 2. The summed E-state index contributed by atoms with van der Waals surface area (Å²) >= 11 is 0. The van der Waals surface area contributed by atoms with E-state index in [-0.39, 0.29) is 18.6 Å². The molecule has 152 valence electrons. The molecule has 1 N–H and O–H groups in total. The molecule has 4 rings (SSSR count). The molecule has 29 heavy (non-hydrogen) atoms. The molecule has 0 aliphatic carbocycles. The average molecular weight is 392 g/mol. The second kappa shape index (κ2) is 8.60. The maximum Gasteiger partial charge on any atom is 0.231 e. The molecule has 1 aliphatic rings. The molecule has 1 amide bonds. The van der Waals surface area contributed by atoms with E-state index >= 15 is 0 Å². The van der Waals surface area contributed by atoms with E-state index in [1.54, 1.807) is 0 Å². The number of fused-ring (bicyclic) bond motifs is 2. The normalized spacial score (nSPS) is 13.6. The summed E-state index contributed by atoms with van der Waals surface area (Å²) in [5.41, 5.74) is 3.39. The van der Waals surface area contributed by atoms with Crippen LogP contribution in [0.2, 0.25) is 0 Å². The minimum absolute atomic E-state index is 0.0539. The molecule has 5 heteroatoms. The molecule has 2 aromatic carbocycles. The van der Waals surface area contributed by atoms with Crippen LogP contribution >= 0.6 is 0 Å². The van der Waals surface area contributed by atoms with Crippen molar-refractivity contribution in [3.8, 4) is 11.5 Å². The Hall–Kier alpha value is -2.95. The Labute approximate surface area is 171 Å². The van der Waals surface area contributed by atoms with E-state index in [4.69, 9.17) is 9.47 Å². The third kappa shape index (κ3) is 4.09. The molecule has 0 fully saturated rings. The van der Waals surface area contributed by atoms with Gasteiger partial charge < -0.3 is 19.4 Å². The van der Waals surface area contributed by atoms with Crippen LogP contribution in [0.25, 0.3) is 10.9 Å². The maximum absolute atomic E-state index is 12.8. The van der Waals surface area contributed by atoms with E-state index in [0.717, 1.165) is 53.9 Å². The molecular formula is C24H28N2O3. The van der Waals surface area contributed by atoms with Crippen molar-refractivity contribution in [2.75, 3.05) is 13.3 Å². The number of amides is 1. The zero-order valence-corrected chi connectivity index (χ0v) is 17.1. The number of unbranched alkanes of at least 4 members (excludes halogenated alkanes) is 2. The van der Waals surface area contributed by atoms with E-state index in [1.165, 1.54) is 5.39 Å². The largest absolute Gasteiger partial charge is 0.454 e. The van der Waals surface area contributed by atoms with Crippen LogP contribution in [0.4, 0.5) is 0 Å². The fourth-order valence-electron chi connectivity index (χ4n) is 4.05. The molecule has 5 nitrogen and oxygen atoms in total. The summed E-state index contributed by atoms with van der Waals surface area (Å²) < 4.78 is 13.2. The zero-order chi connectivity index (χ0) is 20.2. The first-order valence-corrected chi connectivity index (χ1v) is 10.4. The van der Waals surface area contributed by atoms with Crippen molar-refractivity contribution in [2.24, 2.45) is 7.05 Å². The molecule has 0 saturated heterocycles. The minimum Gasteiger partial charge on any atom is -0.454 e. The summed E-state index contributed by atoms with van der Waals surface area (Å²) in [6.45, 7) is 3.14. The summed E-state index contributed by atoms with van der Waals surface area (Å²) in [4.78, 5) is 12.8. The topological polar surface area (TPSA) is 52.5 Å². The molecule has 0 radical (unpaired) electrons. The molecule has 0 spiro atoms. The smallest absolute Gasteiger partial charge is 0.231 e. The summed E-state index contributed by atoms with van der Waals surface area (Å²) in [6, 6.07) is 14.3. The highest BCUT2D eigenvalue weighted by Gasteiger charge is 2.24. The lowest BCUT2D eigenvalue weighted by Crippen LogP contribution is -2.26. The lowest BCUT2D eigenvalue weighted by Gasteiger charge is -2.18. The Balaban J connectivity index is 1.66. The van der Waals surface area contributed by atoms with Gasteiger partial charge in [0, 0.05) is 43.0 Å². The van der Waals surface area contributed by atoms with Crippen LogP contribution in [-0.2, 0) is 11.8 Å². The summed E-state index contributed by atoms with van der Waals surface area (Å²) in [7, 11) is 2.05.